The van der Waals surface area contributed by atoms with Crippen molar-refractivity contribution >= 4 is 21.5 Å². The highest BCUT2D eigenvalue weighted by Gasteiger charge is 2.23. The molecule has 0 radical (unpaired) electrons. The molecule has 0 unspecified atom stereocenters. The molecule has 1 amide bonds. The second-order valence-electron chi connectivity index (χ2n) is 5.84. The quantitative estimate of drug-likeness (QED) is 0.808. The standard InChI is InChI=1S/C16H21NO4S/c1-22(20,21)10-2-9-17-16(19)13-5-3-12(4-6-13)14-7-8-15(18)11-14/h3-6,14H,2,7-11H2,1H3,(H,17,19)/t14-/m0/s1. The van der Waals surface area contributed by atoms with Crippen LogP contribution in [0.25, 0.3) is 0 Å². The summed E-state index contributed by atoms with van der Waals surface area (Å²) >= 11 is 0. The Bertz CT molecular complexity index is 649. The van der Waals surface area contributed by atoms with Crippen molar-refractivity contribution in [3.8, 4) is 0 Å². The Labute approximate surface area is 131 Å². The van der Waals surface area contributed by atoms with Gasteiger partial charge in [0.05, 0.1) is 5.75 Å². The summed E-state index contributed by atoms with van der Waals surface area (Å²) in [6.45, 7) is 0.338. The molecule has 22 heavy (non-hydrogen) atoms. The van der Waals surface area contributed by atoms with Gasteiger partial charge in [-0.15, -0.1) is 0 Å². The molecule has 0 spiro atoms. The van der Waals surface area contributed by atoms with Crippen molar-refractivity contribution in [2.75, 3.05) is 18.6 Å². The van der Waals surface area contributed by atoms with E-state index in [0.29, 0.717) is 37.2 Å². The second-order valence-corrected chi connectivity index (χ2v) is 8.10. The van der Waals surface area contributed by atoms with Crippen LogP contribution in [0.4, 0.5) is 0 Å². The fourth-order valence-corrected chi connectivity index (χ4v) is 3.31. The van der Waals surface area contributed by atoms with Crippen LogP contribution in [0.3, 0.4) is 0 Å². The third-order valence-corrected chi connectivity index (χ3v) is 4.90. The van der Waals surface area contributed by atoms with Crippen molar-refractivity contribution in [2.45, 2.75) is 31.6 Å². The smallest absolute Gasteiger partial charge is 0.251 e. The van der Waals surface area contributed by atoms with E-state index < -0.39 is 9.84 Å². The molecule has 0 aliphatic heterocycles. The summed E-state index contributed by atoms with van der Waals surface area (Å²) in [5, 5.41) is 2.71. The summed E-state index contributed by atoms with van der Waals surface area (Å²) in [6, 6.07) is 7.30. The first-order chi connectivity index (χ1) is 10.3. The number of hydrogen-bond acceptors (Lipinski definition) is 4. The Morgan fingerprint density at radius 3 is 2.50 bits per heavy atom. The van der Waals surface area contributed by atoms with Gasteiger partial charge >= 0.3 is 0 Å². The molecule has 5 nitrogen and oxygen atoms in total. The number of benzene rings is 1. The maximum Gasteiger partial charge on any atom is 0.251 e. The molecule has 1 fully saturated rings. The highest BCUT2D eigenvalue weighted by Crippen LogP contribution is 2.31. The highest BCUT2D eigenvalue weighted by atomic mass is 32.2. The van der Waals surface area contributed by atoms with Crippen LogP contribution in [-0.4, -0.2) is 38.7 Å². The van der Waals surface area contributed by atoms with Gasteiger partial charge < -0.3 is 5.32 Å². The third-order valence-electron chi connectivity index (χ3n) is 3.87. The van der Waals surface area contributed by atoms with E-state index in [1.165, 1.54) is 6.26 Å². The Morgan fingerprint density at radius 1 is 1.27 bits per heavy atom. The van der Waals surface area contributed by atoms with E-state index in [1.807, 2.05) is 12.1 Å². The first-order valence-electron chi connectivity index (χ1n) is 7.43. The van der Waals surface area contributed by atoms with Gasteiger partial charge in [0.25, 0.3) is 5.91 Å². The SMILES string of the molecule is CS(=O)(=O)CCCNC(=O)c1ccc([C@H]2CCC(=O)C2)cc1. The number of carbonyl (C=O) groups is 2. The molecule has 1 atom stereocenters. The van der Waals surface area contributed by atoms with Crippen molar-refractivity contribution < 1.29 is 18.0 Å². The largest absolute Gasteiger partial charge is 0.352 e. The molecule has 1 aromatic rings. The summed E-state index contributed by atoms with van der Waals surface area (Å²) in [5.41, 5.74) is 1.65. The predicted octanol–water partition coefficient (Wildman–Crippen LogP) is 1.69. The van der Waals surface area contributed by atoms with Gasteiger partial charge in [-0.25, -0.2) is 8.42 Å². The maximum atomic E-state index is 11.9. The number of sulfone groups is 1. The minimum atomic E-state index is -2.99. The van der Waals surface area contributed by atoms with Crippen LogP contribution in [-0.2, 0) is 14.6 Å². The minimum Gasteiger partial charge on any atom is -0.352 e. The van der Waals surface area contributed by atoms with Crippen molar-refractivity contribution in [2.24, 2.45) is 0 Å². The van der Waals surface area contributed by atoms with Crippen LogP contribution in [0.2, 0.25) is 0 Å². The molecule has 0 heterocycles. The molecule has 1 aliphatic rings. The molecule has 1 saturated carbocycles. The van der Waals surface area contributed by atoms with E-state index in [-0.39, 0.29) is 17.6 Å². The molecular formula is C16H21NO4S. The fourth-order valence-electron chi connectivity index (χ4n) is 2.64. The van der Waals surface area contributed by atoms with Crippen LogP contribution >= 0.6 is 0 Å². The average Bonchev–Trinajstić information content (AvgIpc) is 2.89. The zero-order valence-corrected chi connectivity index (χ0v) is 13.5. The van der Waals surface area contributed by atoms with E-state index in [1.54, 1.807) is 12.1 Å². The molecular weight excluding hydrogens is 302 g/mol. The number of hydrogen-bond donors (Lipinski definition) is 1. The van der Waals surface area contributed by atoms with Gasteiger partial charge in [0.2, 0.25) is 0 Å². The lowest BCUT2D eigenvalue weighted by Crippen LogP contribution is -2.25. The van der Waals surface area contributed by atoms with Gasteiger partial charge in [0.15, 0.2) is 0 Å². The van der Waals surface area contributed by atoms with E-state index in [9.17, 15) is 18.0 Å². The van der Waals surface area contributed by atoms with E-state index >= 15 is 0 Å². The van der Waals surface area contributed by atoms with Crippen molar-refractivity contribution in [1.82, 2.24) is 5.32 Å². The first-order valence-corrected chi connectivity index (χ1v) is 9.49. The molecule has 2 rings (SSSR count). The second kappa shape index (κ2) is 7.05. The zero-order chi connectivity index (χ0) is 16.2. The Morgan fingerprint density at radius 2 is 1.95 bits per heavy atom. The number of Topliss-reactive ketones (excluding diaryl/α,β-unsaturated/α-hetero) is 1. The van der Waals surface area contributed by atoms with Crippen molar-refractivity contribution in [3.63, 3.8) is 0 Å². The molecule has 1 aromatic carbocycles. The lowest BCUT2D eigenvalue weighted by atomic mass is 9.96. The fraction of sp³-hybridized carbons (Fsp3) is 0.500. The van der Waals surface area contributed by atoms with Gasteiger partial charge in [-0.2, -0.15) is 0 Å². The number of amides is 1. The number of carbonyl (C=O) groups excluding carboxylic acids is 2. The van der Waals surface area contributed by atoms with Crippen molar-refractivity contribution in [1.29, 1.82) is 0 Å². The lowest BCUT2D eigenvalue weighted by molar-refractivity contribution is -0.117. The monoisotopic (exact) mass is 323 g/mol. The summed E-state index contributed by atoms with van der Waals surface area (Å²) < 4.78 is 22.0. The van der Waals surface area contributed by atoms with Crippen molar-refractivity contribution in [3.05, 3.63) is 35.4 Å². The predicted molar refractivity (Wildman–Crippen MR) is 84.7 cm³/mol. The van der Waals surface area contributed by atoms with Crippen LogP contribution in [0.1, 0.15) is 47.5 Å². The van der Waals surface area contributed by atoms with Crippen LogP contribution in [0.15, 0.2) is 24.3 Å². The topological polar surface area (TPSA) is 80.3 Å². The van der Waals surface area contributed by atoms with E-state index in [2.05, 4.69) is 5.32 Å². The van der Waals surface area contributed by atoms with E-state index in [4.69, 9.17) is 0 Å². The Balaban J connectivity index is 1.84. The van der Waals surface area contributed by atoms with Gasteiger partial charge in [0, 0.05) is 31.2 Å². The maximum absolute atomic E-state index is 11.9. The zero-order valence-electron chi connectivity index (χ0n) is 12.7. The van der Waals surface area contributed by atoms with Gasteiger partial charge in [-0.05, 0) is 36.5 Å². The Hall–Kier alpha value is -1.69. The minimum absolute atomic E-state index is 0.0714. The van der Waals surface area contributed by atoms with Gasteiger partial charge in [0.1, 0.15) is 15.6 Å². The van der Waals surface area contributed by atoms with E-state index in [0.717, 1.165) is 12.0 Å². The highest BCUT2D eigenvalue weighted by molar-refractivity contribution is 7.90. The molecule has 0 saturated heterocycles. The van der Waals surface area contributed by atoms with Crippen LogP contribution in [0.5, 0.6) is 0 Å². The third kappa shape index (κ3) is 4.94. The van der Waals surface area contributed by atoms with Gasteiger partial charge in [-0.3, -0.25) is 9.59 Å². The molecule has 120 valence electrons. The summed E-state index contributed by atoms with van der Waals surface area (Å²) in [4.78, 5) is 23.3. The summed E-state index contributed by atoms with van der Waals surface area (Å²) in [6.07, 6.45) is 3.72. The molecule has 6 heteroatoms. The summed E-state index contributed by atoms with van der Waals surface area (Å²) in [5.74, 6) is 0.446. The average molecular weight is 323 g/mol. The first kappa shape index (κ1) is 16.7. The number of ketones is 1. The lowest BCUT2D eigenvalue weighted by Gasteiger charge is -2.10. The molecule has 0 aromatic heterocycles. The number of nitrogens with one attached hydrogen (secondary N) is 1. The normalized spacial score (nSPS) is 18.4. The van der Waals surface area contributed by atoms with Crippen LogP contribution < -0.4 is 5.32 Å². The summed E-state index contributed by atoms with van der Waals surface area (Å²) in [7, 11) is -2.99. The Kier molecular flexibility index (Phi) is 5.34. The van der Waals surface area contributed by atoms with Crippen LogP contribution in [0, 0.1) is 0 Å². The molecule has 0 bridgehead atoms. The molecule has 1 N–H and O–H groups in total. The van der Waals surface area contributed by atoms with Gasteiger partial charge in [-0.1, -0.05) is 12.1 Å². The molecule has 1 aliphatic carbocycles. The number of rotatable bonds is 6.